The Morgan fingerprint density at radius 1 is 1.19 bits per heavy atom. The van der Waals surface area contributed by atoms with Crippen LogP contribution in [0.2, 0.25) is 0 Å². The first-order valence-electron chi connectivity index (χ1n) is 10.9. The first kappa shape index (κ1) is 20.7. The van der Waals surface area contributed by atoms with Crippen molar-refractivity contribution in [2.24, 2.45) is 0 Å². The molecule has 168 valence electrons. The second-order valence-corrected chi connectivity index (χ2v) is 8.22. The number of pyridine rings is 1. The average molecular weight is 440 g/mol. The lowest BCUT2D eigenvalue weighted by Crippen LogP contribution is -2.28. The molecule has 5 rings (SSSR count). The molecular formula is C23H25FN4O4. The van der Waals surface area contributed by atoms with Gasteiger partial charge in [-0.05, 0) is 38.3 Å². The van der Waals surface area contributed by atoms with Crippen molar-refractivity contribution in [1.82, 2.24) is 20.1 Å². The van der Waals surface area contributed by atoms with Gasteiger partial charge < -0.3 is 19.5 Å². The highest BCUT2D eigenvalue weighted by Gasteiger charge is 2.24. The number of carbonyl (C=O) groups excluding carboxylic acids is 1. The molecule has 1 amide bonds. The Morgan fingerprint density at radius 3 is 2.94 bits per heavy atom. The Bertz CT molecular complexity index is 1140. The fraction of sp³-hybridized carbons (Fsp3) is 0.435. The minimum absolute atomic E-state index is 0.0863. The molecule has 1 saturated heterocycles. The van der Waals surface area contributed by atoms with Crippen LogP contribution < -0.4 is 10.1 Å². The smallest absolute Gasteiger partial charge is 0.407 e. The molecule has 3 aromatic rings. The average Bonchev–Trinajstić information content (AvgIpc) is 3.16. The Labute approximate surface area is 184 Å². The Kier molecular flexibility index (Phi) is 5.65. The summed E-state index contributed by atoms with van der Waals surface area (Å²) in [6.07, 6.45) is 5.61. The third kappa shape index (κ3) is 4.12. The second kappa shape index (κ2) is 8.74. The van der Waals surface area contributed by atoms with Crippen LogP contribution >= 0.6 is 0 Å². The summed E-state index contributed by atoms with van der Waals surface area (Å²) in [5.74, 6) is -0.312. The van der Waals surface area contributed by atoms with E-state index in [2.05, 4.69) is 10.3 Å². The number of nitrogens with zero attached hydrogens (tertiary/aromatic N) is 3. The Morgan fingerprint density at radius 2 is 2.09 bits per heavy atom. The highest BCUT2D eigenvalue weighted by Crippen LogP contribution is 2.36. The van der Waals surface area contributed by atoms with Gasteiger partial charge in [0.2, 0.25) is 0 Å². The van der Waals surface area contributed by atoms with Crippen LogP contribution in [0, 0.1) is 5.82 Å². The van der Waals surface area contributed by atoms with Gasteiger partial charge in [-0.15, -0.1) is 0 Å². The van der Waals surface area contributed by atoms with Gasteiger partial charge in [-0.3, -0.25) is 4.98 Å². The number of aromatic nitrogens is 3. The van der Waals surface area contributed by atoms with E-state index >= 15 is 4.39 Å². The van der Waals surface area contributed by atoms with E-state index in [1.807, 2.05) is 13.0 Å². The van der Waals surface area contributed by atoms with Gasteiger partial charge in [-0.2, -0.15) is 5.10 Å². The van der Waals surface area contributed by atoms with Gasteiger partial charge in [0.25, 0.3) is 0 Å². The lowest BCUT2D eigenvalue weighted by atomic mass is 10.1. The maximum atomic E-state index is 15.1. The van der Waals surface area contributed by atoms with Crippen LogP contribution in [-0.2, 0) is 16.1 Å². The zero-order valence-electron chi connectivity index (χ0n) is 17.8. The number of amides is 1. The molecular weight excluding hydrogens is 415 g/mol. The molecule has 4 heterocycles. The summed E-state index contributed by atoms with van der Waals surface area (Å²) in [5.41, 5.74) is 2.77. The molecule has 0 radical (unpaired) electrons. The van der Waals surface area contributed by atoms with E-state index in [1.54, 1.807) is 23.1 Å². The predicted octanol–water partition coefficient (Wildman–Crippen LogP) is 4.33. The molecule has 4 bridgehead atoms. The van der Waals surface area contributed by atoms with Crippen LogP contribution in [0.3, 0.4) is 0 Å². The molecule has 8 nitrogen and oxygen atoms in total. The largest absolute Gasteiger partial charge is 0.488 e. The van der Waals surface area contributed by atoms with E-state index in [0.29, 0.717) is 30.8 Å². The molecule has 0 aliphatic carbocycles. The van der Waals surface area contributed by atoms with E-state index in [4.69, 9.17) is 19.3 Å². The van der Waals surface area contributed by atoms with Gasteiger partial charge in [0, 0.05) is 54.5 Å². The van der Waals surface area contributed by atoms with Crippen molar-refractivity contribution in [3.63, 3.8) is 0 Å². The van der Waals surface area contributed by atoms with Crippen LogP contribution in [-0.4, -0.2) is 40.1 Å². The standard InChI is InChI=1S/C23H25FN4O4/c1-14-5-6-26-23(29)31-13-15-8-16(12-25-11-15)22-17-9-20(32-14)18(24)10-19(17)28(27-22)21-4-2-3-7-30-21/h8-12,14,21H,2-7,13H2,1H3,(H,26,29)/t14-,21?/m1/s1. The van der Waals surface area contributed by atoms with Gasteiger partial charge in [-0.25, -0.2) is 13.9 Å². The summed E-state index contributed by atoms with van der Waals surface area (Å²) in [4.78, 5) is 16.3. The first-order valence-corrected chi connectivity index (χ1v) is 10.9. The molecule has 0 saturated carbocycles. The number of rotatable bonds is 1. The maximum Gasteiger partial charge on any atom is 0.407 e. The summed E-state index contributed by atoms with van der Waals surface area (Å²) in [5, 5.41) is 8.26. The minimum Gasteiger partial charge on any atom is -0.488 e. The number of hydrogen-bond donors (Lipinski definition) is 1. The van der Waals surface area contributed by atoms with Crippen molar-refractivity contribution in [2.75, 3.05) is 13.2 Å². The van der Waals surface area contributed by atoms with Gasteiger partial charge >= 0.3 is 6.09 Å². The number of halogens is 1. The number of benzene rings is 1. The van der Waals surface area contributed by atoms with Crippen molar-refractivity contribution in [2.45, 2.75) is 51.5 Å². The third-order valence-corrected chi connectivity index (χ3v) is 5.77. The number of nitrogens with one attached hydrogen (secondary N) is 1. The number of cyclic esters (lactones) is 1. The lowest BCUT2D eigenvalue weighted by molar-refractivity contribution is -0.0365. The van der Waals surface area contributed by atoms with E-state index < -0.39 is 11.9 Å². The van der Waals surface area contributed by atoms with Crippen molar-refractivity contribution >= 4 is 17.0 Å². The summed E-state index contributed by atoms with van der Waals surface area (Å²) in [6, 6.07) is 5.04. The van der Waals surface area contributed by atoms with Crippen LogP contribution in [0.15, 0.2) is 30.6 Å². The zero-order chi connectivity index (χ0) is 22.1. The van der Waals surface area contributed by atoms with Gasteiger partial charge in [0.05, 0.1) is 11.6 Å². The number of fused-ring (bicyclic) bond motifs is 4. The van der Waals surface area contributed by atoms with Crippen molar-refractivity contribution in [1.29, 1.82) is 0 Å². The Hall–Kier alpha value is -3.20. The first-order chi connectivity index (χ1) is 15.6. The maximum absolute atomic E-state index is 15.1. The van der Waals surface area contributed by atoms with Crippen molar-refractivity contribution in [3.8, 4) is 17.0 Å². The monoisotopic (exact) mass is 440 g/mol. The number of carbonyl (C=O) groups is 1. The van der Waals surface area contributed by atoms with E-state index in [0.717, 1.165) is 35.8 Å². The number of alkyl carbamates (subject to hydrolysis) is 1. The third-order valence-electron chi connectivity index (χ3n) is 5.77. The van der Waals surface area contributed by atoms with Crippen LogP contribution in [0.4, 0.5) is 9.18 Å². The van der Waals surface area contributed by atoms with Crippen LogP contribution in [0.1, 0.15) is 44.4 Å². The van der Waals surface area contributed by atoms with Gasteiger partial charge in [-0.1, -0.05) is 0 Å². The summed E-state index contributed by atoms with van der Waals surface area (Å²) < 4.78 is 33.9. The molecule has 2 aliphatic rings. The summed E-state index contributed by atoms with van der Waals surface area (Å²) in [7, 11) is 0. The number of ether oxygens (including phenoxy) is 3. The molecule has 2 aromatic heterocycles. The lowest BCUT2D eigenvalue weighted by Gasteiger charge is -2.23. The highest BCUT2D eigenvalue weighted by molar-refractivity contribution is 5.94. The summed E-state index contributed by atoms with van der Waals surface area (Å²) in [6.45, 7) is 2.92. The molecule has 0 spiro atoms. The molecule has 2 atom stereocenters. The predicted molar refractivity (Wildman–Crippen MR) is 115 cm³/mol. The van der Waals surface area contributed by atoms with Crippen molar-refractivity contribution < 1.29 is 23.4 Å². The second-order valence-electron chi connectivity index (χ2n) is 8.22. The molecule has 1 unspecified atom stereocenters. The molecule has 2 aliphatic heterocycles. The fourth-order valence-electron chi connectivity index (χ4n) is 4.13. The number of hydrogen-bond acceptors (Lipinski definition) is 6. The fourth-order valence-corrected chi connectivity index (χ4v) is 4.13. The normalized spacial score (nSPS) is 21.9. The van der Waals surface area contributed by atoms with Gasteiger partial charge in [0.15, 0.2) is 17.8 Å². The zero-order valence-corrected chi connectivity index (χ0v) is 17.8. The quantitative estimate of drug-likeness (QED) is 0.606. The SMILES string of the molecule is C[C@@H]1CCNC(=O)OCc2cncc(c2)-c2nn(C3CCCCO3)c3cc(F)c(cc23)O1. The highest BCUT2D eigenvalue weighted by atomic mass is 19.1. The van der Waals surface area contributed by atoms with Crippen LogP contribution in [0.5, 0.6) is 5.75 Å². The molecule has 32 heavy (non-hydrogen) atoms. The minimum atomic E-state index is -0.523. The van der Waals surface area contributed by atoms with Crippen LogP contribution in [0.25, 0.3) is 22.2 Å². The van der Waals surface area contributed by atoms with Gasteiger partial charge in [0.1, 0.15) is 12.3 Å². The molecule has 1 aromatic carbocycles. The molecule has 1 fully saturated rings. The van der Waals surface area contributed by atoms with Crippen molar-refractivity contribution in [3.05, 3.63) is 42.0 Å². The van der Waals surface area contributed by atoms with E-state index in [-0.39, 0.29) is 24.7 Å². The van der Waals surface area contributed by atoms with E-state index in [1.165, 1.54) is 6.07 Å². The summed E-state index contributed by atoms with van der Waals surface area (Å²) >= 11 is 0. The molecule has 1 N–H and O–H groups in total. The Balaban J connectivity index is 1.66. The topological polar surface area (TPSA) is 87.5 Å². The van der Waals surface area contributed by atoms with E-state index in [9.17, 15) is 4.79 Å². The molecule has 9 heteroatoms.